The van der Waals surface area contributed by atoms with Crippen molar-refractivity contribution in [2.24, 2.45) is 11.5 Å². The number of hydrogen-bond donors (Lipinski definition) is 5. The van der Waals surface area contributed by atoms with E-state index in [1.807, 2.05) is 0 Å². The molecule has 0 aliphatic carbocycles. The van der Waals surface area contributed by atoms with Crippen LogP contribution in [0, 0.1) is 0 Å². The molecule has 0 rings (SSSR count). The molecule has 0 aromatic rings. The second kappa shape index (κ2) is 7.71. The second-order valence-electron chi connectivity index (χ2n) is 3.56. The molecular weight excluding hydrogens is 248 g/mol. The summed E-state index contributed by atoms with van der Waals surface area (Å²) in [6, 6.07) is -1.37. The number of nitrogens with two attached hydrogens (primary N) is 2. The fraction of sp³-hybridized carbons (Fsp3) is 0.667. The number of aliphatic hydroxyl groups excluding tert-OH is 3. The quantitative estimate of drug-likeness (QED) is 0.218. The first kappa shape index (κ1) is 16.4. The molecular formula is C9H16N2O7. The Bertz CT molecular complexity index is 309. The molecule has 9 heteroatoms. The highest BCUT2D eigenvalue weighted by Gasteiger charge is 2.30. The molecule has 0 unspecified atom stereocenters. The van der Waals surface area contributed by atoms with Gasteiger partial charge in [0.1, 0.15) is 18.2 Å². The van der Waals surface area contributed by atoms with Crippen molar-refractivity contribution in [1.82, 2.24) is 0 Å². The van der Waals surface area contributed by atoms with Gasteiger partial charge in [-0.25, -0.2) is 0 Å². The van der Waals surface area contributed by atoms with Gasteiger partial charge in [0, 0.05) is 0 Å². The molecule has 0 bridgehead atoms. The molecule has 9 nitrogen and oxygen atoms in total. The van der Waals surface area contributed by atoms with Gasteiger partial charge >= 0.3 is 5.97 Å². The molecule has 7 N–H and O–H groups in total. The van der Waals surface area contributed by atoms with E-state index in [2.05, 4.69) is 4.74 Å². The summed E-state index contributed by atoms with van der Waals surface area (Å²) in [5, 5.41) is 27.0. The van der Waals surface area contributed by atoms with E-state index >= 15 is 0 Å². The van der Waals surface area contributed by atoms with Crippen LogP contribution in [0.4, 0.5) is 0 Å². The van der Waals surface area contributed by atoms with Crippen molar-refractivity contribution in [2.45, 2.75) is 30.8 Å². The number of aliphatic hydroxyl groups is 3. The van der Waals surface area contributed by atoms with Gasteiger partial charge in [-0.1, -0.05) is 0 Å². The van der Waals surface area contributed by atoms with Crippen LogP contribution in [0.2, 0.25) is 0 Å². The van der Waals surface area contributed by atoms with E-state index in [-0.39, 0.29) is 6.29 Å². The topological polar surface area (TPSA) is 173 Å². The number of esters is 1. The summed E-state index contributed by atoms with van der Waals surface area (Å²) in [5.41, 5.74) is 10.1. The molecule has 0 aliphatic heterocycles. The lowest BCUT2D eigenvalue weighted by Gasteiger charge is -2.22. The van der Waals surface area contributed by atoms with Crippen molar-refractivity contribution in [1.29, 1.82) is 0 Å². The Morgan fingerprint density at radius 1 is 1.33 bits per heavy atom. The van der Waals surface area contributed by atoms with Gasteiger partial charge in [0.2, 0.25) is 5.91 Å². The molecule has 0 fully saturated rings. The molecule has 0 aliphatic rings. The number of carbonyl (C=O) groups excluding carboxylic acids is 3. The number of hydrogen-bond acceptors (Lipinski definition) is 8. The van der Waals surface area contributed by atoms with Crippen molar-refractivity contribution in [3.8, 4) is 0 Å². The number of ether oxygens (including phenoxy) is 1. The number of amides is 1. The molecule has 4 atom stereocenters. The zero-order valence-corrected chi connectivity index (χ0v) is 9.43. The predicted octanol–water partition coefficient (Wildman–Crippen LogP) is -3.99. The van der Waals surface area contributed by atoms with Crippen LogP contribution in [0.15, 0.2) is 0 Å². The van der Waals surface area contributed by atoms with E-state index in [9.17, 15) is 19.5 Å². The van der Waals surface area contributed by atoms with E-state index in [1.165, 1.54) is 0 Å². The largest absolute Gasteiger partial charge is 0.451 e. The summed E-state index contributed by atoms with van der Waals surface area (Å²) in [5.74, 6) is -1.96. The Morgan fingerprint density at radius 3 is 2.28 bits per heavy atom. The van der Waals surface area contributed by atoms with Crippen molar-refractivity contribution in [3.63, 3.8) is 0 Å². The highest BCUT2D eigenvalue weighted by atomic mass is 16.6. The average molecular weight is 264 g/mol. The fourth-order valence-electron chi connectivity index (χ4n) is 1.03. The first-order valence-corrected chi connectivity index (χ1v) is 5.00. The summed E-state index contributed by atoms with van der Waals surface area (Å²) in [4.78, 5) is 32.4. The SMILES string of the molecule is NC(=O)C[C@H](N)C(=O)O[C@@H](C=O)[C@@H](O)[C@@H](O)CO. The summed E-state index contributed by atoms with van der Waals surface area (Å²) >= 11 is 0. The summed E-state index contributed by atoms with van der Waals surface area (Å²) < 4.78 is 4.49. The molecule has 0 spiro atoms. The molecule has 0 aromatic heterocycles. The summed E-state index contributed by atoms with van der Waals surface area (Å²) in [6.07, 6.45) is -5.56. The highest BCUT2D eigenvalue weighted by molar-refractivity contribution is 5.85. The molecule has 0 saturated heterocycles. The van der Waals surface area contributed by atoms with Gasteiger partial charge in [-0.2, -0.15) is 0 Å². The maximum Gasteiger partial charge on any atom is 0.324 e. The zero-order valence-electron chi connectivity index (χ0n) is 9.43. The molecule has 0 saturated carbocycles. The Labute approximate surface area is 102 Å². The maximum atomic E-state index is 11.3. The Kier molecular flexibility index (Phi) is 7.05. The van der Waals surface area contributed by atoms with Crippen LogP contribution in [0.5, 0.6) is 0 Å². The van der Waals surface area contributed by atoms with Crippen molar-refractivity contribution in [3.05, 3.63) is 0 Å². The molecule has 0 aromatic carbocycles. The van der Waals surface area contributed by atoms with E-state index < -0.39 is 49.3 Å². The number of rotatable bonds is 8. The third-order valence-corrected chi connectivity index (χ3v) is 2.03. The smallest absolute Gasteiger partial charge is 0.324 e. The van der Waals surface area contributed by atoms with Crippen LogP contribution in [-0.4, -0.2) is 64.4 Å². The fourth-order valence-corrected chi connectivity index (χ4v) is 1.03. The highest BCUT2D eigenvalue weighted by Crippen LogP contribution is 2.05. The normalized spacial score (nSPS) is 17.3. The Morgan fingerprint density at radius 2 is 1.89 bits per heavy atom. The molecule has 18 heavy (non-hydrogen) atoms. The average Bonchev–Trinajstić information content (AvgIpc) is 2.32. The van der Waals surface area contributed by atoms with Crippen LogP contribution in [0.25, 0.3) is 0 Å². The van der Waals surface area contributed by atoms with Crippen LogP contribution < -0.4 is 11.5 Å². The van der Waals surface area contributed by atoms with Gasteiger partial charge in [-0.3, -0.25) is 14.4 Å². The third kappa shape index (κ3) is 5.19. The minimum absolute atomic E-state index is 0.0679. The lowest BCUT2D eigenvalue weighted by molar-refractivity contribution is -0.165. The first-order valence-electron chi connectivity index (χ1n) is 5.00. The standard InChI is InChI=1S/C9H16N2O7/c10-4(1-7(11)15)9(17)18-6(3-13)8(16)5(14)2-12/h3-6,8,12,14,16H,1-2,10H2,(H2,11,15)/t4-,5-,6-,8-/m0/s1. The zero-order chi connectivity index (χ0) is 14.3. The van der Waals surface area contributed by atoms with Gasteiger partial charge in [0.05, 0.1) is 13.0 Å². The van der Waals surface area contributed by atoms with Crippen LogP contribution in [-0.2, 0) is 19.1 Å². The maximum absolute atomic E-state index is 11.3. The lowest BCUT2D eigenvalue weighted by atomic mass is 10.1. The minimum Gasteiger partial charge on any atom is -0.451 e. The summed E-state index contributed by atoms with van der Waals surface area (Å²) in [7, 11) is 0. The third-order valence-electron chi connectivity index (χ3n) is 2.03. The van der Waals surface area contributed by atoms with E-state index in [4.69, 9.17) is 21.7 Å². The second-order valence-corrected chi connectivity index (χ2v) is 3.56. The molecule has 0 heterocycles. The predicted molar refractivity (Wildman–Crippen MR) is 56.8 cm³/mol. The van der Waals surface area contributed by atoms with Gasteiger partial charge in [0.15, 0.2) is 12.4 Å². The van der Waals surface area contributed by atoms with Crippen molar-refractivity contribution >= 4 is 18.2 Å². The summed E-state index contributed by atoms with van der Waals surface area (Å²) in [6.45, 7) is -0.823. The molecule has 104 valence electrons. The first-order chi connectivity index (χ1) is 8.33. The number of primary amides is 1. The van der Waals surface area contributed by atoms with Crippen LogP contribution in [0.3, 0.4) is 0 Å². The Hall–Kier alpha value is -1.55. The number of carbonyl (C=O) groups is 3. The van der Waals surface area contributed by atoms with Gasteiger partial charge in [-0.15, -0.1) is 0 Å². The Balaban J connectivity index is 4.49. The van der Waals surface area contributed by atoms with Crippen LogP contribution >= 0.6 is 0 Å². The van der Waals surface area contributed by atoms with E-state index in [1.54, 1.807) is 0 Å². The van der Waals surface area contributed by atoms with Crippen molar-refractivity contribution in [2.75, 3.05) is 6.61 Å². The lowest BCUT2D eigenvalue weighted by Crippen LogP contribution is -2.46. The number of aldehydes is 1. The minimum atomic E-state index is -1.79. The van der Waals surface area contributed by atoms with Gasteiger partial charge < -0.3 is 31.5 Å². The van der Waals surface area contributed by atoms with E-state index in [0.717, 1.165) is 0 Å². The van der Waals surface area contributed by atoms with E-state index in [0.29, 0.717) is 0 Å². The molecule has 0 radical (unpaired) electrons. The van der Waals surface area contributed by atoms with Crippen molar-refractivity contribution < 1.29 is 34.4 Å². The molecule has 1 amide bonds. The van der Waals surface area contributed by atoms with Gasteiger partial charge in [0.25, 0.3) is 0 Å². The van der Waals surface area contributed by atoms with Gasteiger partial charge in [-0.05, 0) is 0 Å². The van der Waals surface area contributed by atoms with Crippen LogP contribution in [0.1, 0.15) is 6.42 Å². The monoisotopic (exact) mass is 264 g/mol.